The summed E-state index contributed by atoms with van der Waals surface area (Å²) < 4.78 is 0. The third-order valence-corrected chi connectivity index (χ3v) is 17.1. The highest BCUT2D eigenvalue weighted by Gasteiger charge is 2.41. The summed E-state index contributed by atoms with van der Waals surface area (Å²) in [7, 11) is 2.77. The second-order valence-electron chi connectivity index (χ2n) is 28.0. The lowest BCUT2D eigenvalue weighted by Gasteiger charge is -2.36. The van der Waals surface area contributed by atoms with E-state index in [9.17, 15) is 43.5 Å². The van der Waals surface area contributed by atoms with Crippen LogP contribution in [0.3, 0.4) is 0 Å². The van der Waals surface area contributed by atoms with E-state index in [2.05, 4.69) is 54.5 Å². The van der Waals surface area contributed by atoms with Gasteiger partial charge in [0.25, 0.3) is 0 Å². The number of nitrogens with one attached hydrogen (secondary N) is 8. The summed E-state index contributed by atoms with van der Waals surface area (Å²) in [6, 6.07) is -11.3. The van der Waals surface area contributed by atoms with E-state index in [0.717, 1.165) is 24.2 Å². The van der Waals surface area contributed by atoms with Crippen LogP contribution in [-0.4, -0.2) is 187 Å². The minimum atomic E-state index is -1.64. The molecule has 0 saturated carbocycles. The third-order valence-electron chi connectivity index (χ3n) is 17.1. The number of unbranched alkanes of at least 4 members (excludes halogenated alkanes) is 11. The van der Waals surface area contributed by atoms with Crippen molar-refractivity contribution in [1.29, 1.82) is 0 Å². The Bertz CT molecular complexity index is 2410. The van der Waals surface area contributed by atoms with Gasteiger partial charge in [-0.15, -0.1) is 0 Å². The summed E-state index contributed by atoms with van der Waals surface area (Å²) in [4.78, 5) is 161. The van der Waals surface area contributed by atoms with Crippen molar-refractivity contribution in [3.63, 3.8) is 0 Å². The van der Waals surface area contributed by atoms with Crippen molar-refractivity contribution < 1.29 is 57.8 Å². The Kier molecular flexibility index (Phi) is 47.1. The highest BCUT2D eigenvalue weighted by atomic mass is 16.3. The number of guanidine groups is 1. The van der Waals surface area contributed by atoms with E-state index in [1.165, 1.54) is 64.4 Å². The van der Waals surface area contributed by atoms with Crippen LogP contribution in [0.2, 0.25) is 0 Å². The quantitative estimate of drug-likeness (QED) is 0.0236. The van der Waals surface area contributed by atoms with E-state index in [-0.39, 0.29) is 120 Å². The highest BCUT2D eigenvalue weighted by Crippen LogP contribution is 2.20. The van der Waals surface area contributed by atoms with Crippen molar-refractivity contribution in [2.45, 2.75) is 298 Å². The van der Waals surface area contributed by atoms with Gasteiger partial charge < -0.3 is 86.1 Å². The fraction of sp³-hybridized carbons (Fsp3) is 0.826. The Morgan fingerprint density at radius 1 is 0.423 bits per heavy atom. The molecule has 0 aromatic rings. The number of carbonyl (C=O) groups excluding carboxylic acids is 11. The molecule has 0 aliphatic carbocycles. The molecule has 0 bridgehead atoms. The molecule has 0 unspecified atom stereocenters. The average molecular weight is 1380 g/mol. The predicted molar refractivity (Wildman–Crippen MR) is 380 cm³/mol. The number of carbonyl (C=O) groups is 11. The minimum absolute atomic E-state index is 0.0115. The topological polar surface area (TPSA) is 453 Å². The van der Waals surface area contributed by atoms with E-state index in [1.807, 2.05) is 55.4 Å². The van der Waals surface area contributed by atoms with E-state index >= 15 is 14.4 Å². The Balaban J connectivity index is 7.04. The van der Waals surface area contributed by atoms with Gasteiger partial charge in [0.2, 0.25) is 65.0 Å². The van der Waals surface area contributed by atoms with E-state index in [0.29, 0.717) is 38.5 Å². The molecule has 11 atom stereocenters. The van der Waals surface area contributed by atoms with Crippen molar-refractivity contribution in [2.75, 3.05) is 40.3 Å². The minimum Gasteiger partial charge on any atom is -0.391 e. The standard InChI is InChI=1S/C69H132N16O12/c1-15-17-18-19-20-21-22-23-24-25-34-56(87)76-42-57(88)77-51(39-44(5)6)61(90)80-52(40-45(7)8)62(91)78-49(31-26-28-35-70)67(96)84(13)55(33-30-37-75-69(73)74)64(93)82-58(47(11)16-2)68(97)85(14)54(32-27-29-36-71)65(94)83-59(48(12)86)66(95)81-53(41-46(9)10)63(92)79-50(60(72)89)38-43(3)4/h43-55,58-59,86H,15-42,70-71H2,1-14H3,(H2,72,89)(H,76,87)(H,77,88)(H,78,91)(H,79,92)(H,80,90)(H,81,95)(H,82,93)(H,83,94)(H4,73,74,75)/t47-,48+,49-,50-,51-,52-,53-,54-,55-,58-,59-/m0/s1. The number of hydrogen-bond donors (Lipinski definition) is 14. The normalized spacial score (nSPS) is 14.9. The maximum atomic E-state index is 15.0. The largest absolute Gasteiger partial charge is 0.391 e. The fourth-order valence-electron chi connectivity index (χ4n) is 11.3. The summed E-state index contributed by atoms with van der Waals surface area (Å²) in [5, 5.41) is 32.9. The predicted octanol–water partition coefficient (Wildman–Crippen LogP) is 2.87. The third kappa shape index (κ3) is 38.3. The van der Waals surface area contributed by atoms with Crippen LogP contribution in [0, 0.1) is 29.6 Å². The molecule has 0 rings (SSSR count). The number of aliphatic hydroxyl groups excluding tert-OH is 1. The molecular formula is C69H132N16O12. The lowest BCUT2D eigenvalue weighted by atomic mass is 9.95. The number of primary amides is 1. The Morgan fingerprint density at radius 3 is 1.27 bits per heavy atom. The number of likely N-dealkylation sites (N-methyl/N-ethyl adjacent to an activating group) is 2. The molecule has 0 aromatic heterocycles. The highest BCUT2D eigenvalue weighted by molar-refractivity contribution is 5.99. The number of aliphatic hydroxyl groups is 1. The van der Waals surface area contributed by atoms with Gasteiger partial charge >= 0.3 is 0 Å². The lowest BCUT2D eigenvalue weighted by Crippen LogP contribution is -2.62. The molecular weight excluding hydrogens is 1240 g/mol. The summed E-state index contributed by atoms with van der Waals surface area (Å²) in [5.41, 5.74) is 28.7. The molecule has 0 aromatic carbocycles. The molecule has 0 heterocycles. The van der Waals surface area contributed by atoms with Crippen molar-refractivity contribution in [3.05, 3.63) is 0 Å². The summed E-state index contributed by atoms with van der Waals surface area (Å²) in [5.74, 6) is -8.71. The molecule has 0 aliphatic rings. The van der Waals surface area contributed by atoms with Gasteiger partial charge in [-0.3, -0.25) is 57.7 Å². The molecule has 28 nitrogen and oxygen atoms in total. The SMILES string of the molecule is CCCCCCCCCCCCC(=O)NCC(=O)N[C@@H](CC(C)C)C(=O)N[C@@H](CC(C)C)C(=O)N[C@@H](CCCCN)C(=O)N(C)[C@@H](CCCN=C(N)N)C(=O)N[C@H](C(=O)N(C)[C@@H](CCCCN)C(=O)N[C@H](C(=O)N[C@@H](CC(C)C)C(=O)N[C@@H](CC(C)C)C(N)=O)[C@@H](C)O)[C@@H](C)CC. The first-order chi connectivity index (χ1) is 45.7. The number of nitrogens with zero attached hydrogens (tertiary/aromatic N) is 3. The molecule has 0 saturated heterocycles. The van der Waals surface area contributed by atoms with E-state index < -0.39 is 125 Å². The second kappa shape index (κ2) is 50.6. The zero-order chi connectivity index (χ0) is 73.9. The van der Waals surface area contributed by atoms with Crippen LogP contribution in [0.15, 0.2) is 4.99 Å². The Morgan fingerprint density at radius 2 is 0.825 bits per heavy atom. The van der Waals surface area contributed by atoms with Crippen LogP contribution in [0.1, 0.15) is 237 Å². The first-order valence-electron chi connectivity index (χ1n) is 36.0. The van der Waals surface area contributed by atoms with Crippen molar-refractivity contribution in [1.82, 2.24) is 52.3 Å². The van der Waals surface area contributed by atoms with Crippen molar-refractivity contribution >= 4 is 70.9 Å². The number of amides is 11. The number of rotatable bonds is 54. The number of hydrogen-bond acceptors (Lipinski definition) is 15. The summed E-state index contributed by atoms with van der Waals surface area (Å²) in [6.45, 7) is 22.0. The molecule has 19 N–H and O–H groups in total. The first kappa shape index (κ1) is 90.3. The molecule has 0 aliphatic heterocycles. The maximum Gasteiger partial charge on any atom is 0.245 e. The van der Waals surface area contributed by atoms with Gasteiger partial charge in [0.1, 0.15) is 54.4 Å². The van der Waals surface area contributed by atoms with Gasteiger partial charge in [-0.25, -0.2) is 0 Å². The molecule has 11 amide bonds. The smallest absolute Gasteiger partial charge is 0.245 e. The van der Waals surface area contributed by atoms with Gasteiger partial charge in [-0.2, -0.15) is 0 Å². The Hall–Kier alpha value is -6.68. The van der Waals surface area contributed by atoms with Crippen molar-refractivity contribution in [2.24, 2.45) is 63.3 Å². The second-order valence-corrected chi connectivity index (χ2v) is 28.0. The summed E-state index contributed by atoms with van der Waals surface area (Å²) >= 11 is 0. The summed E-state index contributed by atoms with van der Waals surface area (Å²) in [6.07, 6.45) is 12.8. The fourth-order valence-corrected chi connectivity index (χ4v) is 11.3. The molecule has 0 spiro atoms. The molecule has 97 heavy (non-hydrogen) atoms. The van der Waals surface area contributed by atoms with Crippen molar-refractivity contribution in [3.8, 4) is 0 Å². The monoisotopic (exact) mass is 1380 g/mol. The van der Waals surface area contributed by atoms with Gasteiger partial charge in [0.15, 0.2) is 5.96 Å². The number of nitrogens with two attached hydrogens (primary N) is 5. The maximum absolute atomic E-state index is 15.0. The number of aliphatic imine (C=N–C) groups is 1. The van der Waals surface area contributed by atoms with Gasteiger partial charge in [0.05, 0.1) is 12.6 Å². The molecule has 0 radical (unpaired) electrons. The van der Waals surface area contributed by atoms with E-state index in [4.69, 9.17) is 28.7 Å². The molecule has 560 valence electrons. The van der Waals surface area contributed by atoms with E-state index in [1.54, 1.807) is 13.8 Å². The molecule has 0 fully saturated rings. The van der Waals surface area contributed by atoms with Crippen LogP contribution in [0.25, 0.3) is 0 Å². The van der Waals surface area contributed by atoms with Gasteiger partial charge in [0, 0.05) is 27.1 Å². The van der Waals surface area contributed by atoms with Gasteiger partial charge in [-0.1, -0.05) is 140 Å². The lowest BCUT2D eigenvalue weighted by molar-refractivity contribution is -0.146. The zero-order valence-corrected chi connectivity index (χ0v) is 61.6. The molecule has 28 heteroatoms. The van der Waals surface area contributed by atoms with Gasteiger partial charge in [-0.05, 0) is 133 Å². The zero-order valence-electron chi connectivity index (χ0n) is 61.6. The van der Waals surface area contributed by atoms with Crippen LogP contribution in [-0.2, 0) is 52.7 Å². The van der Waals surface area contributed by atoms with Crippen LogP contribution in [0.5, 0.6) is 0 Å². The average Bonchev–Trinajstić information content (AvgIpc) is 0.848. The van der Waals surface area contributed by atoms with Crippen LogP contribution in [0.4, 0.5) is 0 Å². The first-order valence-corrected chi connectivity index (χ1v) is 36.0. The van der Waals surface area contributed by atoms with Crippen LogP contribution < -0.4 is 71.2 Å². The Labute approximate surface area is 580 Å². The van der Waals surface area contributed by atoms with Crippen LogP contribution >= 0.6 is 0 Å².